The van der Waals surface area contributed by atoms with Crippen LogP contribution in [-0.2, 0) is 0 Å². The smallest absolute Gasteiger partial charge is 0.0169 e. The van der Waals surface area contributed by atoms with Crippen LogP contribution < -0.4 is 0 Å². The number of allylic oxidation sites excluding steroid dienone is 9. The van der Waals surface area contributed by atoms with Crippen molar-refractivity contribution in [1.29, 1.82) is 0 Å². The van der Waals surface area contributed by atoms with Crippen LogP contribution in [0.2, 0.25) is 0 Å². The minimum absolute atomic E-state index is 0. The fourth-order valence-electron chi connectivity index (χ4n) is 6.31. The van der Waals surface area contributed by atoms with Gasteiger partial charge in [-0.15, -0.1) is 19.7 Å². The topological polar surface area (TPSA) is 0 Å². The summed E-state index contributed by atoms with van der Waals surface area (Å²) < 4.78 is 0. The number of hydrogen-bond donors (Lipinski definition) is 0. The third-order valence-corrected chi connectivity index (χ3v) is 9.75. The van der Waals surface area contributed by atoms with Gasteiger partial charge in [0.15, 0.2) is 0 Å². The first-order valence-electron chi connectivity index (χ1n) is 24.8. The molecule has 0 aliphatic carbocycles. The van der Waals surface area contributed by atoms with E-state index in [-0.39, 0.29) is 14.9 Å². The molecular weight excluding hydrogens is 685 g/mol. The van der Waals surface area contributed by atoms with Crippen LogP contribution in [0.25, 0.3) is 0 Å². The molecule has 0 nitrogen and oxygen atoms in total. The second-order valence-corrected chi connectivity index (χ2v) is 15.3. The molecule has 57 heavy (non-hydrogen) atoms. The van der Waals surface area contributed by atoms with Gasteiger partial charge in [-0.1, -0.05) is 259 Å². The van der Waals surface area contributed by atoms with E-state index in [1.54, 1.807) is 0 Å². The third kappa shape index (κ3) is 83.1. The molecule has 0 saturated carbocycles. The molecule has 0 amide bonds. The first-order valence-corrected chi connectivity index (χ1v) is 24.8. The molecule has 0 unspecified atom stereocenters. The van der Waals surface area contributed by atoms with Crippen LogP contribution in [0.1, 0.15) is 289 Å². The molecule has 344 valence electrons. The Bertz CT molecular complexity index is 685. The van der Waals surface area contributed by atoms with Gasteiger partial charge in [-0.05, 0) is 89.9 Å². The van der Waals surface area contributed by atoms with Crippen LogP contribution in [0.5, 0.6) is 0 Å². The van der Waals surface area contributed by atoms with Crippen LogP contribution >= 0.6 is 0 Å². The van der Waals surface area contributed by atoms with Gasteiger partial charge in [-0.3, -0.25) is 0 Å². The lowest BCUT2D eigenvalue weighted by molar-refractivity contribution is 0.431. The Morgan fingerprint density at radius 3 is 0.947 bits per heavy atom. The lowest BCUT2D eigenvalue weighted by atomic mass is 9.96. The van der Waals surface area contributed by atoms with E-state index in [0.29, 0.717) is 0 Å². The second kappa shape index (κ2) is 75.3. The molecule has 0 heteroatoms. The largest absolute Gasteiger partial charge is 0.106 e. The van der Waals surface area contributed by atoms with Crippen LogP contribution in [0.15, 0.2) is 73.9 Å². The Hall–Kier alpha value is -1.56. The second-order valence-electron chi connectivity index (χ2n) is 15.3. The highest BCUT2D eigenvalue weighted by atomic mass is 14.1. The van der Waals surface area contributed by atoms with E-state index in [2.05, 4.69) is 103 Å². The van der Waals surface area contributed by atoms with Crippen LogP contribution in [0.4, 0.5) is 0 Å². The van der Waals surface area contributed by atoms with Crippen molar-refractivity contribution in [2.45, 2.75) is 289 Å². The summed E-state index contributed by atoms with van der Waals surface area (Å²) in [6.45, 7) is 29.3. The summed E-state index contributed by atoms with van der Waals surface area (Å²) in [5.74, 6) is 0.937. The van der Waals surface area contributed by atoms with E-state index < -0.39 is 0 Å². The molecule has 0 bridgehead atoms. The lowest BCUT2D eigenvalue weighted by Crippen LogP contribution is -1.95. The average molecular weight is 802 g/mol. The Morgan fingerprint density at radius 1 is 0.386 bits per heavy atom. The molecule has 0 aromatic rings. The highest BCUT2D eigenvalue weighted by Gasteiger charge is 2.02. The van der Waals surface area contributed by atoms with Gasteiger partial charge in [0.1, 0.15) is 0 Å². The van der Waals surface area contributed by atoms with E-state index in [0.717, 1.165) is 18.8 Å². The van der Waals surface area contributed by atoms with Crippen LogP contribution in [0, 0.1) is 5.92 Å². The van der Waals surface area contributed by atoms with Crippen LogP contribution in [-0.4, -0.2) is 0 Å². The van der Waals surface area contributed by atoms with Crippen LogP contribution in [0.3, 0.4) is 0 Å². The molecular formula is C57H116. The maximum absolute atomic E-state index is 3.89. The molecule has 0 aromatic carbocycles. The summed E-state index contributed by atoms with van der Waals surface area (Å²) in [5.41, 5.74) is 1.33. The zero-order valence-corrected chi connectivity index (χ0v) is 40.2. The van der Waals surface area contributed by atoms with Gasteiger partial charge in [0.05, 0.1) is 0 Å². The van der Waals surface area contributed by atoms with Gasteiger partial charge in [0.25, 0.3) is 0 Å². The number of hydrogen-bond acceptors (Lipinski definition) is 0. The molecule has 0 saturated heterocycles. The quantitative estimate of drug-likeness (QED) is 0.0434. The normalized spacial score (nSPS) is 10.6. The van der Waals surface area contributed by atoms with Gasteiger partial charge in [-0.25, -0.2) is 0 Å². The Morgan fingerprint density at radius 2 is 0.632 bits per heavy atom. The summed E-state index contributed by atoms with van der Waals surface area (Å²) in [4.78, 5) is 0. The fourth-order valence-corrected chi connectivity index (χ4v) is 6.31. The molecule has 0 atom stereocenters. The van der Waals surface area contributed by atoms with E-state index in [1.165, 1.54) is 205 Å². The van der Waals surface area contributed by atoms with Gasteiger partial charge in [0.2, 0.25) is 0 Å². The van der Waals surface area contributed by atoms with Gasteiger partial charge in [-0.2, -0.15) is 0 Å². The fraction of sp³-hybridized carbons (Fsp3) is 0.789. The maximum Gasteiger partial charge on any atom is -0.0169 e. The summed E-state index contributed by atoms with van der Waals surface area (Å²) in [6, 6.07) is 0. The van der Waals surface area contributed by atoms with E-state index in [9.17, 15) is 0 Å². The zero-order valence-electron chi connectivity index (χ0n) is 40.2. The number of rotatable bonds is 37. The Labute approximate surface area is 367 Å². The molecule has 0 radical (unpaired) electrons. The molecule has 0 aromatic heterocycles. The third-order valence-electron chi connectivity index (χ3n) is 9.75. The van der Waals surface area contributed by atoms with Crippen molar-refractivity contribution in [2.24, 2.45) is 5.92 Å². The van der Waals surface area contributed by atoms with Crippen molar-refractivity contribution in [2.75, 3.05) is 0 Å². The van der Waals surface area contributed by atoms with Gasteiger partial charge < -0.3 is 0 Å². The van der Waals surface area contributed by atoms with Crippen molar-refractivity contribution in [1.82, 2.24) is 0 Å². The highest BCUT2D eigenvalue weighted by molar-refractivity contribution is 4.93. The summed E-state index contributed by atoms with van der Waals surface area (Å²) in [6.07, 6.45) is 63.9. The van der Waals surface area contributed by atoms with Gasteiger partial charge >= 0.3 is 0 Å². The average Bonchev–Trinajstić information content (AvgIpc) is 3.21. The summed E-state index contributed by atoms with van der Waals surface area (Å²) >= 11 is 0. The van der Waals surface area contributed by atoms with Crippen molar-refractivity contribution in [3.63, 3.8) is 0 Å². The van der Waals surface area contributed by atoms with E-state index >= 15 is 0 Å². The highest BCUT2D eigenvalue weighted by Crippen LogP contribution is 2.19. The Balaban J connectivity index is -0.000000222. The predicted molar refractivity (Wildman–Crippen MR) is 277 cm³/mol. The van der Waals surface area contributed by atoms with Crippen molar-refractivity contribution in [3.8, 4) is 0 Å². The first-order chi connectivity index (χ1) is 27.1. The molecule has 0 rings (SSSR count). The lowest BCUT2D eigenvalue weighted by Gasteiger charge is -2.11. The number of unbranched alkanes of at least 4 members (excludes halogenated alkanes) is 23. The van der Waals surface area contributed by atoms with E-state index in [1.807, 2.05) is 27.7 Å². The standard InChI is InChI=1S/C38H70.C11H22.2C2H6.C2H4.2CH4/c1-4-6-8-10-12-14-16-18-20-22-24-26-28-30-32-34-36-38(3)37-35-33-31-29-27-25-23-21-19-17-15-13-11-9-7-5-2;1-4-5-6-7-8-9-10-11(2)3;3*1-2;;/h12-15,18-21,38H,4-11,16-17,22-37H2,1-3H3;2,4-10H2,1,3H3;2*1-2H3;1-2H2;2*1H4/b14-12-,15-13-,20-18-,21-19-;;;;;;. The Kier molecular flexibility index (Phi) is 92.5. The summed E-state index contributed by atoms with van der Waals surface area (Å²) in [7, 11) is 0. The van der Waals surface area contributed by atoms with Crippen molar-refractivity contribution in [3.05, 3.63) is 73.9 Å². The monoisotopic (exact) mass is 801 g/mol. The molecule has 0 spiro atoms. The predicted octanol–water partition coefficient (Wildman–Crippen LogP) is 22.5. The van der Waals surface area contributed by atoms with Crippen molar-refractivity contribution >= 4 is 0 Å². The molecule has 0 aliphatic rings. The van der Waals surface area contributed by atoms with Gasteiger partial charge in [0, 0.05) is 0 Å². The minimum atomic E-state index is 0. The molecule has 0 heterocycles. The van der Waals surface area contributed by atoms with E-state index in [4.69, 9.17) is 0 Å². The minimum Gasteiger partial charge on any atom is -0.106 e. The summed E-state index contributed by atoms with van der Waals surface area (Å²) in [5, 5.41) is 0. The molecule has 0 N–H and O–H groups in total. The van der Waals surface area contributed by atoms with Crippen molar-refractivity contribution < 1.29 is 0 Å². The zero-order chi connectivity index (χ0) is 42.1. The first kappa shape index (κ1) is 70.0. The SMILES string of the molecule is C.C.C=C.C=C(C)CCCCCCCC.CC.CC.CCCCC/C=C\C/C=C\CCCCCCCCC(C)CCCCCCCC/C=C\C/C=C\CCCCC. The molecule has 0 fully saturated rings. The maximum atomic E-state index is 3.89. The molecule has 0 aliphatic heterocycles.